The van der Waals surface area contributed by atoms with E-state index in [-0.39, 0.29) is 21.4 Å². The number of hydrogen-bond donors (Lipinski definition) is 3. The SMILES string of the molecule is CNS(=O)(=O)c1ccc(Cl)c(C(=O)Nc2ccc3c(c2)NC(=O)[C@H](C)O3)c1. The molecular formula is C17H16ClN3O5S. The molecule has 0 aromatic heterocycles. The van der Waals surface area contributed by atoms with E-state index in [1.807, 2.05) is 0 Å². The fourth-order valence-electron chi connectivity index (χ4n) is 2.45. The van der Waals surface area contributed by atoms with Crippen molar-refractivity contribution in [3.05, 3.63) is 47.0 Å². The topological polar surface area (TPSA) is 114 Å². The Hall–Kier alpha value is -2.62. The standard InChI is InChI=1S/C17H16ClN3O5S/c1-9-16(22)21-14-7-10(3-6-15(14)26-9)20-17(23)12-8-11(4-5-13(12)18)27(24,25)19-2/h3-9,19H,1-2H3,(H,20,23)(H,21,22)/t9-/m0/s1. The van der Waals surface area contributed by atoms with Crippen LogP contribution in [0.15, 0.2) is 41.3 Å². The smallest absolute Gasteiger partial charge is 0.265 e. The summed E-state index contributed by atoms with van der Waals surface area (Å²) >= 11 is 6.05. The predicted octanol–water partition coefficient (Wildman–Crippen LogP) is 2.22. The number of benzene rings is 2. The minimum atomic E-state index is -3.72. The number of nitrogens with one attached hydrogen (secondary N) is 3. The zero-order chi connectivity index (χ0) is 19.8. The molecule has 2 aromatic rings. The van der Waals surface area contributed by atoms with Gasteiger partial charge >= 0.3 is 0 Å². The summed E-state index contributed by atoms with van der Waals surface area (Å²) in [6.07, 6.45) is -0.603. The maximum absolute atomic E-state index is 12.6. The lowest BCUT2D eigenvalue weighted by molar-refractivity contribution is -0.122. The van der Waals surface area contributed by atoms with E-state index in [2.05, 4.69) is 15.4 Å². The molecule has 0 aliphatic carbocycles. The summed E-state index contributed by atoms with van der Waals surface area (Å²) in [5.74, 6) is -0.399. The van der Waals surface area contributed by atoms with Crippen LogP contribution < -0.4 is 20.1 Å². The predicted molar refractivity (Wildman–Crippen MR) is 101 cm³/mol. The minimum Gasteiger partial charge on any atom is -0.479 e. The summed E-state index contributed by atoms with van der Waals surface area (Å²) in [6, 6.07) is 8.59. The lowest BCUT2D eigenvalue weighted by atomic mass is 10.2. The van der Waals surface area contributed by atoms with Crippen LogP contribution in [0.2, 0.25) is 5.02 Å². The van der Waals surface area contributed by atoms with Gasteiger partial charge in [0.25, 0.3) is 11.8 Å². The van der Waals surface area contributed by atoms with E-state index in [0.717, 1.165) is 0 Å². The van der Waals surface area contributed by atoms with Gasteiger partial charge in [-0.3, -0.25) is 9.59 Å². The van der Waals surface area contributed by atoms with Crippen LogP contribution >= 0.6 is 11.6 Å². The summed E-state index contributed by atoms with van der Waals surface area (Å²) in [7, 11) is -2.45. The summed E-state index contributed by atoms with van der Waals surface area (Å²) in [4.78, 5) is 24.2. The van der Waals surface area contributed by atoms with E-state index < -0.39 is 22.0 Å². The molecule has 1 atom stereocenters. The van der Waals surface area contributed by atoms with Crippen molar-refractivity contribution in [1.82, 2.24) is 4.72 Å². The van der Waals surface area contributed by atoms with Crippen LogP contribution in [0.4, 0.5) is 11.4 Å². The minimum absolute atomic E-state index is 0.000352. The van der Waals surface area contributed by atoms with Crippen molar-refractivity contribution >= 4 is 44.8 Å². The third-order valence-electron chi connectivity index (χ3n) is 3.93. The Morgan fingerprint density at radius 1 is 1.22 bits per heavy atom. The number of anilines is 2. The van der Waals surface area contributed by atoms with Crippen molar-refractivity contribution < 1.29 is 22.7 Å². The highest BCUT2D eigenvalue weighted by Gasteiger charge is 2.24. The summed E-state index contributed by atoms with van der Waals surface area (Å²) < 4.78 is 31.5. The Morgan fingerprint density at radius 3 is 2.67 bits per heavy atom. The molecule has 0 radical (unpaired) electrons. The van der Waals surface area contributed by atoms with Gasteiger partial charge < -0.3 is 15.4 Å². The molecule has 1 aliphatic heterocycles. The van der Waals surface area contributed by atoms with Crippen LogP contribution in [0.5, 0.6) is 5.75 Å². The van der Waals surface area contributed by atoms with E-state index >= 15 is 0 Å². The molecule has 2 amide bonds. The van der Waals surface area contributed by atoms with Gasteiger partial charge in [-0.1, -0.05) is 11.6 Å². The van der Waals surface area contributed by atoms with E-state index in [9.17, 15) is 18.0 Å². The van der Waals surface area contributed by atoms with Gasteiger partial charge in [-0.2, -0.15) is 0 Å². The molecule has 0 bridgehead atoms. The molecule has 0 unspecified atom stereocenters. The third-order valence-corrected chi connectivity index (χ3v) is 5.67. The fraction of sp³-hybridized carbons (Fsp3) is 0.176. The number of carbonyl (C=O) groups is 2. The number of hydrogen-bond acceptors (Lipinski definition) is 5. The molecule has 3 rings (SSSR count). The van der Waals surface area contributed by atoms with Gasteiger partial charge in [0.2, 0.25) is 10.0 Å². The second-order valence-corrected chi connectivity index (χ2v) is 8.06. The molecule has 142 valence electrons. The van der Waals surface area contributed by atoms with Gasteiger partial charge in [-0.15, -0.1) is 0 Å². The van der Waals surface area contributed by atoms with Crippen molar-refractivity contribution in [1.29, 1.82) is 0 Å². The highest BCUT2D eigenvalue weighted by molar-refractivity contribution is 7.89. The van der Waals surface area contributed by atoms with Crippen molar-refractivity contribution in [3.63, 3.8) is 0 Å². The monoisotopic (exact) mass is 409 g/mol. The van der Waals surface area contributed by atoms with Crippen LogP contribution in [0.25, 0.3) is 0 Å². The molecule has 0 saturated carbocycles. The van der Waals surface area contributed by atoms with Gasteiger partial charge in [0.15, 0.2) is 6.10 Å². The number of fused-ring (bicyclic) bond motifs is 1. The number of amides is 2. The first-order chi connectivity index (χ1) is 12.7. The number of ether oxygens (including phenoxy) is 1. The molecule has 1 aliphatic rings. The maximum Gasteiger partial charge on any atom is 0.265 e. The van der Waals surface area contributed by atoms with Gasteiger partial charge in [-0.05, 0) is 50.4 Å². The molecule has 0 spiro atoms. The fourth-order valence-corrected chi connectivity index (χ4v) is 3.41. The lowest BCUT2D eigenvalue weighted by Crippen LogP contribution is -2.34. The second kappa shape index (κ2) is 7.18. The highest BCUT2D eigenvalue weighted by Crippen LogP contribution is 2.32. The third kappa shape index (κ3) is 3.90. The van der Waals surface area contributed by atoms with Gasteiger partial charge in [0.1, 0.15) is 5.75 Å². The van der Waals surface area contributed by atoms with Crippen LogP contribution in [-0.4, -0.2) is 33.4 Å². The van der Waals surface area contributed by atoms with E-state index in [4.69, 9.17) is 16.3 Å². The lowest BCUT2D eigenvalue weighted by Gasteiger charge is -2.23. The number of sulfonamides is 1. The zero-order valence-electron chi connectivity index (χ0n) is 14.4. The Balaban J connectivity index is 1.87. The van der Waals surface area contributed by atoms with Gasteiger partial charge in [0.05, 0.1) is 21.2 Å². The Bertz CT molecular complexity index is 1040. The van der Waals surface area contributed by atoms with Crippen LogP contribution in [-0.2, 0) is 14.8 Å². The second-order valence-electron chi connectivity index (χ2n) is 5.76. The first-order valence-corrected chi connectivity index (χ1v) is 9.73. The number of halogens is 1. The first kappa shape index (κ1) is 19.2. The van der Waals surface area contributed by atoms with E-state index in [0.29, 0.717) is 17.1 Å². The Labute approximate surface area is 160 Å². The Kier molecular flexibility index (Phi) is 5.09. The van der Waals surface area contributed by atoms with Crippen molar-refractivity contribution in [2.24, 2.45) is 0 Å². The molecule has 2 aromatic carbocycles. The van der Waals surface area contributed by atoms with Crippen molar-refractivity contribution in [3.8, 4) is 5.75 Å². The quantitative estimate of drug-likeness (QED) is 0.716. The molecule has 27 heavy (non-hydrogen) atoms. The molecule has 3 N–H and O–H groups in total. The normalized spacial score (nSPS) is 16.1. The average molecular weight is 410 g/mol. The molecule has 10 heteroatoms. The largest absolute Gasteiger partial charge is 0.479 e. The summed E-state index contributed by atoms with van der Waals surface area (Å²) in [5, 5.41) is 5.41. The zero-order valence-corrected chi connectivity index (χ0v) is 15.9. The van der Waals surface area contributed by atoms with Gasteiger partial charge in [-0.25, -0.2) is 13.1 Å². The number of carbonyl (C=O) groups excluding carboxylic acids is 2. The van der Waals surface area contributed by atoms with E-state index in [1.54, 1.807) is 25.1 Å². The van der Waals surface area contributed by atoms with Crippen molar-refractivity contribution in [2.45, 2.75) is 17.9 Å². The van der Waals surface area contributed by atoms with Crippen LogP contribution in [0.1, 0.15) is 17.3 Å². The van der Waals surface area contributed by atoms with Crippen molar-refractivity contribution in [2.75, 3.05) is 17.7 Å². The van der Waals surface area contributed by atoms with E-state index in [1.165, 1.54) is 25.2 Å². The Morgan fingerprint density at radius 2 is 1.96 bits per heavy atom. The summed E-state index contributed by atoms with van der Waals surface area (Å²) in [6.45, 7) is 1.63. The van der Waals surface area contributed by atoms with Gasteiger partial charge in [0, 0.05) is 5.69 Å². The highest BCUT2D eigenvalue weighted by atomic mass is 35.5. The number of rotatable bonds is 4. The molecule has 8 nitrogen and oxygen atoms in total. The van der Waals surface area contributed by atoms with Crippen LogP contribution in [0.3, 0.4) is 0 Å². The average Bonchev–Trinajstić information content (AvgIpc) is 2.63. The molecule has 0 fully saturated rings. The maximum atomic E-state index is 12.6. The van der Waals surface area contributed by atoms with Crippen LogP contribution in [0, 0.1) is 0 Å². The first-order valence-electron chi connectivity index (χ1n) is 7.87. The molecule has 0 saturated heterocycles. The molecular weight excluding hydrogens is 394 g/mol. The summed E-state index contributed by atoms with van der Waals surface area (Å²) in [5.41, 5.74) is 0.809. The molecule has 1 heterocycles.